The first-order chi connectivity index (χ1) is 7.76. The molecule has 0 aromatic heterocycles. The molecule has 0 amide bonds. The third kappa shape index (κ3) is 5.31. The Bertz CT molecular complexity index is 166. The molecule has 2 nitrogen and oxygen atoms in total. The number of likely N-dealkylation sites (N-methyl/N-ethyl adjacent to an activating group) is 1. The Hall–Kier alpha value is -0.0800. The molecule has 1 atom stereocenters. The highest BCUT2D eigenvalue weighted by Crippen LogP contribution is 2.30. The Kier molecular flexibility index (Phi) is 7.06. The second-order valence-electron chi connectivity index (χ2n) is 5.32. The van der Waals surface area contributed by atoms with E-state index >= 15 is 0 Å². The summed E-state index contributed by atoms with van der Waals surface area (Å²) in [6.07, 6.45) is 7.08. The largest absolute Gasteiger partial charge is 0.313 e. The van der Waals surface area contributed by atoms with Crippen LogP contribution in [0.3, 0.4) is 0 Å². The van der Waals surface area contributed by atoms with Gasteiger partial charge in [0.05, 0.1) is 0 Å². The lowest BCUT2D eigenvalue weighted by atomic mass is 9.81. The molecule has 0 heterocycles. The number of hydrogen-bond donors (Lipinski definition) is 1. The monoisotopic (exact) mass is 226 g/mol. The number of rotatable bonds is 9. The van der Waals surface area contributed by atoms with Crippen LogP contribution in [0.1, 0.15) is 52.9 Å². The molecule has 0 saturated heterocycles. The molecule has 1 N–H and O–H groups in total. The summed E-state index contributed by atoms with van der Waals surface area (Å²) < 4.78 is 0. The number of nitrogens with zero attached hydrogens (tertiary/aromatic N) is 1. The molecule has 0 radical (unpaired) electrons. The molecule has 96 valence electrons. The molecule has 0 aromatic rings. The maximum absolute atomic E-state index is 3.66. The van der Waals surface area contributed by atoms with E-state index in [4.69, 9.17) is 0 Å². The SMILES string of the molecule is CCCN(CC)CCNC(C)CC1CCC1. The Morgan fingerprint density at radius 2 is 2.00 bits per heavy atom. The summed E-state index contributed by atoms with van der Waals surface area (Å²) in [6, 6.07) is 0.714. The highest BCUT2D eigenvalue weighted by atomic mass is 15.1. The smallest absolute Gasteiger partial charge is 0.0107 e. The standard InChI is InChI=1S/C14H30N2/c1-4-10-16(5-2)11-9-15-13(3)12-14-7-6-8-14/h13-15H,4-12H2,1-3H3. The second-order valence-corrected chi connectivity index (χ2v) is 5.32. The Balaban J connectivity index is 1.99. The van der Waals surface area contributed by atoms with Crippen LogP contribution in [-0.4, -0.2) is 37.1 Å². The molecule has 0 spiro atoms. The van der Waals surface area contributed by atoms with Crippen LogP contribution < -0.4 is 5.32 Å². The zero-order chi connectivity index (χ0) is 11.8. The van der Waals surface area contributed by atoms with Gasteiger partial charge in [0.1, 0.15) is 0 Å². The van der Waals surface area contributed by atoms with Gasteiger partial charge < -0.3 is 10.2 Å². The molecule has 0 bridgehead atoms. The summed E-state index contributed by atoms with van der Waals surface area (Å²) in [6.45, 7) is 11.7. The van der Waals surface area contributed by atoms with Crippen LogP contribution in [0.5, 0.6) is 0 Å². The predicted molar refractivity (Wildman–Crippen MR) is 71.8 cm³/mol. The highest BCUT2D eigenvalue weighted by molar-refractivity contribution is 4.75. The molecular weight excluding hydrogens is 196 g/mol. The van der Waals surface area contributed by atoms with Crippen LogP contribution >= 0.6 is 0 Å². The van der Waals surface area contributed by atoms with Crippen molar-refractivity contribution >= 4 is 0 Å². The van der Waals surface area contributed by atoms with Crippen molar-refractivity contribution in [3.8, 4) is 0 Å². The van der Waals surface area contributed by atoms with Gasteiger partial charge in [-0.2, -0.15) is 0 Å². The first-order valence-electron chi connectivity index (χ1n) is 7.22. The molecule has 1 unspecified atom stereocenters. The van der Waals surface area contributed by atoms with E-state index in [1.54, 1.807) is 0 Å². The fraction of sp³-hybridized carbons (Fsp3) is 1.00. The third-order valence-corrected chi connectivity index (χ3v) is 3.82. The maximum Gasteiger partial charge on any atom is 0.0107 e. The van der Waals surface area contributed by atoms with Crippen molar-refractivity contribution in [1.82, 2.24) is 10.2 Å². The van der Waals surface area contributed by atoms with Gasteiger partial charge in [0.15, 0.2) is 0 Å². The van der Waals surface area contributed by atoms with E-state index < -0.39 is 0 Å². The molecule has 1 aliphatic rings. The molecule has 1 fully saturated rings. The average molecular weight is 226 g/mol. The van der Waals surface area contributed by atoms with Gasteiger partial charge in [-0.1, -0.05) is 33.1 Å². The van der Waals surface area contributed by atoms with Crippen LogP contribution in [0.15, 0.2) is 0 Å². The van der Waals surface area contributed by atoms with Gasteiger partial charge in [0, 0.05) is 19.1 Å². The van der Waals surface area contributed by atoms with Gasteiger partial charge in [0.25, 0.3) is 0 Å². The van der Waals surface area contributed by atoms with E-state index in [0.29, 0.717) is 6.04 Å². The van der Waals surface area contributed by atoms with Crippen molar-refractivity contribution in [2.24, 2.45) is 5.92 Å². The Morgan fingerprint density at radius 1 is 1.25 bits per heavy atom. The first-order valence-corrected chi connectivity index (χ1v) is 7.22. The lowest BCUT2D eigenvalue weighted by Crippen LogP contribution is -2.37. The summed E-state index contributed by atoms with van der Waals surface area (Å²) in [5.41, 5.74) is 0. The average Bonchev–Trinajstić information content (AvgIpc) is 2.22. The van der Waals surface area contributed by atoms with Crippen LogP contribution in [0.2, 0.25) is 0 Å². The topological polar surface area (TPSA) is 15.3 Å². The Labute approximate surface area is 102 Å². The van der Waals surface area contributed by atoms with E-state index in [0.717, 1.165) is 12.5 Å². The lowest BCUT2D eigenvalue weighted by Gasteiger charge is -2.29. The highest BCUT2D eigenvalue weighted by Gasteiger charge is 2.19. The van der Waals surface area contributed by atoms with Gasteiger partial charge >= 0.3 is 0 Å². The van der Waals surface area contributed by atoms with Crippen molar-refractivity contribution in [1.29, 1.82) is 0 Å². The van der Waals surface area contributed by atoms with E-state index in [-0.39, 0.29) is 0 Å². The van der Waals surface area contributed by atoms with Crippen molar-refractivity contribution in [3.05, 3.63) is 0 Å². The zero-order valence-corrected chi connectivity index (χ0v) is 11.5. The van der Waals surface area contributed by atoms with Crippen LogP contribution in [0.4, 0.5) is 0 Å². The second kappa shape index (κ2) is 8.08. The molecular formula is C14H30N2. The maximum atomic E-state index is 3.66. The van der Waals surface area contributed by atoms with Gasteiger partial charge in [-0.15, -0.1) is 0 Å². The minimum atomic E-state index is 0.714. The van der Waals surface area contributed by atoms with Crippen molar-refractivity contribution in [2.75, 3.05) is 26.2 Å². The molecule has 1 rings (SSSR count). The minimum absolute atomic E-state index is 0.714. The van der Waals surface area contributed by atoms with Gasteiger partial charge in [0.2, 0.25) is 0 Å². The predicted octanol–water partition coefficient (Wildman–Crippen LogP) is 2.89. The summed E-state index contributed by atoms with van der Waals surface area (Å²) in [7, 11) is 0. The van der Waals surface area contributed by atoms with E-state index in [2.05, 4.69) is 31.0 Å². The minimum Gasteiger partial charge on any atom is -0.313 e. The molecule has 1 saturated carbocycles. The Morgan fingerprint density at radius 3 is 2.50 bits per heavy atom. The van der Waals surface area contributed by atoms with Gasteiger partial charge in [-0.05, 0) is 38.8 Å². The zero-order valence-electron chi connectivity index (χ0n) is 11.5. The van der Waals surface area contributed by atoms with E-state index in [1.807, 2.05) is 0 Å². The summed E-state index contributed by atoms with van der Waals surface area (Å²) in [5.74, 6) is 1.03. The quantitative estimate of drug-likeness (QED) is 0.650. The summed E-state index contributed by atoms with van der Waals surface area (Å²) >= 11 is 0. The fourth-order valence-electron chi connectivity index (χ4n) is 2.53. The molecule has 1 aliphatic carbocycles. The van der Waals surface area contributed by atoms with Crippen molar-refractivity contribution < 1.29 is 0 Å². The fourth-order valence-corrected chi connectivity index (χ4v) is 2.53. The van der Waals surface area contributed by atoms with Crippen LogP contribution in [-0.2, 0) is 0 Å². The third-order valence-electron chi connectivity index (χ3n) is 3.82. The molecule has 2 heteroatoms. The summed E-state index contributed by atoms with van der Waals surface area (Å²) in [5, 5.41) is 3.66. The van der Waals surface area contributed by atoms with E-state index in [9.17, 15) is 0 Å². The first kappa shape index (κ1) is 14.0. The van der Waals surface area contributed by atoms with Crippen LogP contribution in [0, 0.1) is 5.92 Å². The molecule has 0 aliphatic heterocycles. The molecule has 16 heavy (non-hydrogen) atoms. The number of hydrogen-bond acceptors (Lipinski definition) is 2. The lowest BCUT2D eigenvalue weighted by molar-refractivity contribution is 0.251. The van der Waals surface area contributed by atoms with Crippen molar-refractivity contribution in [2.45, 2.75) is 58.9 Å². The number of nitrogens with one attached hydrogen (secondary N) is 1. The normalized spacial score (nSPS) is 18.8. The molecule has 0 aromatic carbocycles. The van der Waals surface area contributed by atoms with Gasteiger partial charge in [-0.3, -0.25) is 0 Å². The van der Waals surface area contributed by atoms with Crippen molar-refractivity contribution in [3.63, 3.8) is 0 Å². The van der Waals surface area contributed by atoms with E-state index in [1.165, 1.54) is 51.7 Å². The van der Waals surface area contributed by atoms with Gasteiger partial charge in [-0.25, -0.2) is 0 Å². The summed E-state index contributed by atoms with van der Waals surface area (Å²) in [4.78, 5) is 2.53. The van der Waals surface area contributed by atoms with Crippen LogP contribution in [0.25, 0.3) is 0 Å².